The van der Waals surface area contributed by atoms with Crippen molar-refractivity contribution in [1.29, 1.82) is 0 Å². The first kappa shape index (κ1) is 21.9. The first-order valence-electron chi connectivity index (χ1n) is 8.31. The molecule has 0 aliphatic carbocycles. The van der Waals surface area contributed by atoms with Crippen LogP contribution in [0.4, 0.5) is 32.0 Å². The smallest absolute Gasteiger partial charge is 0.369 e. The van der Waals surface area contributed by atoms with Crippen molar-refractivity contribution in [2.45, 2.75) is 18.0 Å². The Kier molecular flexibility index (Phi) is 5.46. The van der Waals surface area contributed by atoms with Gasteiger partial charge in [-0.05, 0) is 23.6 Å². The van der Waals surface area contributed by atoms with E-state index in [0.29, 0.717) is 6.07 Å². The number of hydrogen-bond acceptors (Lipinski definition) is 2. The molecule has 0 aliphatic heterocycles. The van der Waals surface area contributed by atoms with Crippen LogP contribution in [0.5, 0.6) is 0 Å². The van der Waals surface area contributed by atoms with Crippen LogP contribution in [0.3, 0.4) is 0 Å². The molecule has 3 aromatic rings. The molecule has 0 aromatic heterocycles. The number of amides is 1. The van der Waals surface area contributed by atoms with Crippen molar-refractivity contribution >= 4 is 34.0 Å². The summed E-state index contributed by atoms with van der Waals surface area (Å²) in [5.41, 5.74) is -7.66. The number of fused-ring (bicyclic) bond motifs is 1. The van der Waals surface area contributed by atoms with Gasteiger partial charge in [-0.3, -0.25) is 4.79 Å². The van der Waals surface area contributed by atoms with Gasteiger partial charge in [0.25, 0.3) is 11.5 Å². The number of nitrogens with one attached hydrogen (secondary N) is 1. The summed E-state index contributed by atoms with van der Waals surface area (Å²) in [7, 11) is 0. The van der Waals surface area contributed by atoms with Crippen molar-refractivity contribution in [1.82, 2.24) is 0 Å². The summed E-state index contributed by atoms with van der Waals surface area (Å²) in [4.78, 5) is 12.6. The topological polar surface area (TPSA) is 49.3 Å². The van der Waals surface area contributed by atoms with Crippen molar-refractivity contribution in [2.24, 2.45) is 0 Å². The maximum absolute atomic E-state index is 13.5. The van der Waals surface area contributed by atoms with Crippen LogP contribution in [-0.2, 0) is 5.60 Å². The number of anilines is 1. The molecule has 3 nitrogen and oxygen atoms in total. The van der Waals surface area contributed by atoms with E-state index in [9.17, 15) is 36.2 Å². The first-order valence-corrected chi connectivity index (χ1v) is 8.69. The Hall–Kier alpha value is -2.78. The quantitative estimate of drug-likeness (QED) is 0.480. The Labute approximate surface area is 170 Å². The van der Waals surface area contributed by atoms with Gasteiger partial charge in [0.15, 0.2) is 0 Å². The molecule has 158 valence electrons. The predicted molar refractivity (Wildman–Crippen MR) is 99.4 cm³/mol. The zero-order valence-corrected chi connectivity index (χ0v) is 15.5. The minimum Gasteiger partial charge on any atom is -0.369 e. The molecule has 2 N–H and O–H groups in total. The van der Waals surface area contributed by atoms with E-state index >= 15 is 0 Å². The van der Waals surface area contributed by atoms with Crippen LogP contribution in [0.15, 0.2) is 60.7 Å². The van der Waals surface area contributed by atoms with E-state index in [0.717, 1.165) is 6.07 Å². The second kappa shape index (κ2) is 7.48. The highest BCUT2D eigenvalue weighted by Crippen LogP contribution is 2.53. The first-order chi connectivity index (χ1) is 13.9. The highest BCUT2D eigenvalue weighted by Gasteiger charge is 2.72. The van der Waals surface area contributed by atoms with Gasteiger partial charge in [-0.15, -0.1) is 0 Å². The Balaban J connectivity index is 2.27. The largest absolute Gasteiger partial charge is 0.430 e. The van der Waals surface area contributed by atoms with Gasteiger partial charge in [0.1, 0.15) is 0 Å². The SMILES string of the molecule is O=C(Nc1c(C(O)(C(F)(F)F)C(F)(F)F)ccc2ccccc12)c1cccc(Cl)c1. The van der Waals surface area contributed by atoms with E-state index in [1.54, 1.807) is 0 Å². The third-order valence-corrected chi connectivity index (χ3v) is 4.70. The van der Waals surface area contributed by atoms with Crippen molar-refractivity contribution < 1.29 is 36.2 Å². The van der Waals surface area contributed by atoms with Gasteiger partial charge in [-0.1, -0.05) is 54.1 Å². The van der Waals surface area contributed by atoms with E-state index < -0.39 is 35.1 Å². The number of halogens is 7. The van der Waals surface area contributed by atoms with Crippen molar-refractivity contribution in [2.75, 3.05) is 5.32 Å². The van der Waals surface area contributed by atoms with Gasteiger partial charge in [-0.2, -0.15) is 26.3 Å². The van der Waals surface area contributed by atoms with Crippen LogP contribution in [0.2, 0.25) is 5.02 Å². The number of rotatable bonds is 3. The van der Waals surface area contributed by atoms with E-state index in [4.69, 9.17) is 11.6 Å². The van der Waals surface area contributed by atoms with Crippen LogP contribution in [0.1, 0.15) is 15.9 Å². The summed E-state index contributed by atoms with van der Waals surface area (Å²) in [6.07, 6.45) is -12.2. The fourth-order valence-electron chi connectivity index (χ4n) is 2.99. The molecule has 0 unspecified atom stereocenters. The van der Waals surface area contributed by atoms with Gasteiger partial charge in [0.2, 0.25) is 0 Å². The molecule has 1 amide bonds. The molecule has 30 heavy (non-hydrogen) atoms. The van der Waals surface area contributed by atoms with Gasteiger partial charge >= 0.3 is 12.4 Å². The number of alkyl halides is 6. The third-order valence-electron chi connectivity index (χ3n) is 4.46. The van der Waals surface area contributed by atoms with Crippen molar-refractivity contribution in [3.05, 3.63) is 76.8 Å². The molecule has 10 heteroatoms. The van der Waals surface area contributed by atoms with Crippen molar-refractivity contribution in [3.8, 4) is 0 Å². The fraction of sp³-hybridized carbons (Fsp3) is 0.150. The summed E-state index contributed by atoms with van der Waals surface area (Å²) >= 11 is 5.79. The number of benzene rings is 3. The number of carbonyl (C=O) groups excluding carboxylic acids is 1. The molecule has 0 saturated carbocycles. The maximum Gasteiger partial charge on any atom is 0.430 e. The number of hydrogen-bond donors (Lipinski definition) is 2. The van der Waals surface area contributed by atoms with Crippen LogP contribution < -0.4 is 5.32 Å². The van der Waals surface area contributed by atoms with E-state index in [-0.39, 0.29) is 21.4 Å². The summed E-state index contributed by atoms with van der Waals surface area (Å²) in [5.74, 6) is -0.998. The Bertz CT molecular complexity index is 1100. The summed E-state index contributed by atoms with van der Waals surface area (Å²) in [6.45, 7) is 0. The molecular formula is C20H12ClF6NO2. The molecule has 3 aromatic carbocycles. The number of carbonyl (C=O) groups is 1. The van der Waals surface area contributed by atoms with Crippen LogP contribution in [0, 0.1) is 0 Å². The molecule has 0 atom stereocenters. The fourth-order valence-corrected chi connectivity index (χ4v) is 3.18. The molecule has 0 heterocycles. The monoisotopic (exact) mass is 447 g/mol. The standard InChI is InChI=1S/C20H12ClF6NO2/c21-13-6-3-5-12(10-13)17(29)28-16-14-7-2-1-4-11(14)8-9-15(16)18(30,19(22,23)24)20(25,26)27/h1-10,30H,(H,28,29). The lowest BCUT2D eigenvalue weighted by atomic mass is 9.88. The second-order valence-corrected chi connectivity index (χ2v) is 6.82. The molecule has 3 rings (SSSR count). The van der Waals surface area contributed by atoms with Crippen LogP contribution in [-0.4, -0.2) is 23.4 Å². The molecule has 0 fully saturated rings. The van der Waals surface area contributed by atoms with E-state index in [1.165, 1.54) is 48.5 Å². The molecule has 0 bridgehead atoms. The lowest BCUT2D eigenvalue weighted by Crippen LogP contribution is -2.54. The normalized spacial score (nSPS) is 12.8. The molecular weight excluding hydrogens is 436 g/mol. The summed E-state index contributed by atoms with van der Waals surface area (Å²) in [6, 6.07) is 12.4. The lowest BCUT2D eigenvalue weighted by molar-refractivity contribution is -0.375. The zero-order valence-electron chi connectivity index (χ0n) is 14.8. The third kappa shape index (κ3) is 3.70. The molecule has 0 radical (unpaired) electrons. The minimum absolute atomic E-state index is 0.0936. The van der Waals surface area contributed by atoms with Gasteiger partial charge in [-0.25, -0.2) is 0 Å². The minimum atomic E-state index is -6.11. The summed E-state index contributed by atoms with van der Waals surface area (Å²) in [5, 5.41) is 12.3. The molecule has 0 aliphatic rings. The summed E-state index contributed by atoms with van der Waals surface area (Å²) < 4.78 is 80.9. The highest BCUT2D eigenvalue weighted by atomic mass is 35.5. The molecule has 0 saturated heterocycles. The average molecular weight is 448 g/mol. The Morgan fingerprint density at radius 2 is 1.50 bits per heavy atom. The zero-order chi connectivity index (χ0) is 22.3. The average Bonchev–Trinajstić information content (AvgIpc) is 2.66. The second-order valence-electron chi connectivity index (χ2n) is 6.38. The van der Waals surface area contributed by atoms with E-state index in [1.807, 2.05) is 0 Å². The molecule has 0 spiro atoms. The van der Waals surface area contributed by atoms with Crippen LogP contribution in [0.25, 0.3) is 10.8 Å². The van der Waals surface area contributed by atoms with Gasteiger partial charge in [0.05, 0.1) is 5.69 Å². The maximum atomic E-state index is 13.5. The van der Waals surface area contributed by atoms with Crippen LogP contribution >= 0.6 is 11.6 Å². The van der Waals surface area contributed by atoms with Gasteiger partial charge in [0, 0.05) is 21.5 Å². The highest BCUT2D eigenvalue weighted by molar-refractivity contribution is 6.31. The van der Waals surface area contributed by atoms with E-state index in [2.05, 4.69) is 5.32 Å². The number of aliphatic hydroxyl groups is 1. The van der Waals surface area contributed by atoms with Gasteiger partial charge < -0.3 is 10.4 Å². The Morgan fingerprint density at radius 3 is 2.10 bits per heavy atom. The van der Waals surface area contributed by atoms with Crippen molar-refractivity contribution in [3.63, 3.8) is 0 Å². The Morgan fingerprint density at radius 1 is 0.867 bits per heavy atom. The lowest BCUT2D eigenvalue weighted by Gasteiger charge is -2.34. The predicted octanol–water partition coefficient (Wildman–Crippen LogP) is 6.06.